The van der Waals surface area contributed by atoms with E-state index < -0.39 is 14.6 Å². The SMILES string of the molecule is CC[O][Ga]([Cl])[Cl]. The van der Waals surface area contributed by atoms with Gasteiger partial charge in [-0.1, -0.05) is 0 Å². The van der Waals surface area contributed by atoms with E-state index in [4.69, 9.17) is 22.8 Å². The molecule has 0 aromatic carbocycles. The first-order chi connectivity index (χ1) is 2.77. The predicted molar refractivity (Wildman–Crippen MR) is 29.1 cm³/mol. The summed E-state index contributed by atoms with van der Waals surface area (Å²) in [5, 5.41) is 0. The molecule has 0 spiro atoms. The van der Waals surface area contributed by atoms with Crippen LogP contribution in [-0.4, -0.2) is 21.2 Å². The summed E-state index contributed by atoms with van der Waals surface area (Å²) in [6.45, 7) is 2.53. The Morgan fingerprint density at radius 2 is 2.17 bits per heavy atom. The average Bonchev–Trinajstić information content (AvgIpc) is 1.35. The summed E-state index contributed by atoms with van der Waals surface area (Å²) in [6.07, 6.45) is 0. The van der Waals surface area contributed by atoms with Crippen LogP contribution in [0.5, 0.6) is 0 Å². The summed E-state index contributed by atoms with van der Waals surface area (Å²) >= 11 is -2.10. The molecular weight excluding hydrogens is 181 g/mol. The number of halogens is 2. The second-order valence-corrected chi connectivity index (χ2v) is 7.79. The topological polar surface area (TPSA) is 9.23 Å². The maximum atomic E-state index is 5.31. The monoisotopic (exact) mass is 184 g/mol. The minimum atomic E-state index is -2.10. The molecule has 0 radical (unpaired) electrons. The molecule has 0 saturated heterocycles. The Morgan fingerprint density at radius 3 is 2.17 bits per heavy atom. The Hall–Kier alpha value is 1.18. The fourth-order valence-electron chi connectivity index (χ4n) is 0.126. The van der Waals surface area contributed by atoms with E-state index in [0.717, 1.165) is 0 Å². The molecule has 1 nitrogen and oxygen atoms in total. The van der Waals surface area contributed by atoms with Gasteiger partial charge in [-0.05, 0) is 0 Å². The zero-order valence-corrected chi connectivity index (χ0v) is 7.38. The fourth-order valence-corrected chi connectivity index (χ4v) is 1.96. The van der Waals surface area contributed by atoms with E-state index in [1.165, 1.54) is 0 Å². The number of hydrogen-bond donors (Lipinski definition) is 0. The fraction of sp³-hybridized carbons (Fsp3) is 1.00. The molecule has 0 aliphatic heterocycles. The van der Waals surface area contributed by atoms with Gasteiger partial charge in [0, 0.05) is 0 Å². The maximum absolute atomic E-state index is 5.31. The van der Waals surface area contributed by atoms with Gasteiger partial charge in [0.15, 0.2) is 0 Å². The molecule has 0 aromatic heterocycles. The van der Waals surface area contributed by atoms with Crippen LogP contribution in [0.3, 0.4) is 0 Å². The van der Waals surface area contributed by atoms with Crippen molar-refractivity contribution in [1.29, 1.82) is 0 Å². The van der Waals surface area contributed by atoms with E-state index in [0.29, 0.717) is 6.61 Å². The van der Waals surface area contributed by atoms with Crippen molar-refractivity contribution in [3.8, 4) is 0 Å². The van der Waals surface area contributed by atoms with E-state index in [1.54, 1.807) is 0 Å². The van der Waals surface area contributed by atoms with Crippen LogP contribution in [0.4, 0.5) is 0 Å². The number of hydrogen-bond acceptors (Lipinski definition) is 1. The molecule has 0 N–H and O–H groups in total. The Balaban J connectivity index is 2.63. The second-order valence-electron chi connectivity index (χ2n) is 0.716. The molecule has 0 heterocycles. The van der Waals surface area contributed by atoms with Crippen molar-refractivity contribution in [3.63, 3.8) is 0 Å². The van der Waals surface area contributed by atoms with Gasteiger partial charge < -0.3 is 0 Å². The van der Waals surface area contributed by atoms with E-state index in [2.05, 4.69) is 0 Å². The summed E-state index contributed by atoms with van der Waals surface area (Å²) in [6, 6.07) is 0. The molecular formula is C2H5Cl2GaO. The average molecular weight is 186 g/mol. The van der Waals surface area contributed by atoms with E-state index in [-0.39, 0.29) is 0 Å². The molecule has 0 fully saturated rings. The molecule has 6 heavy (non-hydrogen) atoms. The quantitative estimate of drug-likeness (QED) is 0.593. The van der Waals surface area contributed by atoms with Crippen molar-refractivity contribution < 1.29 is 3.53 Å². The first-order valence-electron chi connectivity index (χ1n) is 1.67. The second kappa shape index (κ2) is 4.34. The van der Waals surface area contributed by atoms with Crippen LogP contribution in [0, 0.1) is 0 Å². The molecule has 0 bridgehead atoms. The molecule has 0 aromatic rings. The van der Waals surface area contributed by atoms with Crippen LogP contribution in [0.1, 0.15) is 6.92 Å². The Morgan fingerprint density at radius 1 is 1.67 bits per heavy atom. The summed E-state index contributed by atoms with van der Waals surface area (Å²) < 4.78 is 4.76. The Labute approximate surface area is 51.1 Å². The van der Waals surface area contributed by atoms with Gasteiger partial charge in [-0.3, -0.25) is 0 Å². The number of rotatable bonds is 2. The third-order valence-electron chi connectivity index (χ3n) is 0.293. The van der Waals surface area contributed by atoms with Crippen LogP contribution < -0.4 is 0 Å². The van der Waals surface area contributed by atoms with E-state index in [9.17, 15) is 0 Å². The van der Waals surface area contributed by atoms with Gasteiger partial charge in [0.25, 0.3) is 0 Å². The third-order valence-corrected chi connectivity index (χ3v) is 2.83. The van der Waals surface area contributed by atoms with Crippen LogP contribution in [0.15, 0.2) is 0 Å². The van der Waals surface area contributed by atoms with Crippen LogP contribution >= 0.6 is 19.3 Å². The Kier molecular flexibility index (Phi) is 5.19. The summed E-state index contributed by atoms with van der Waals surface area (Å²) in [7, 11) is 10.6. The molecule has 0 aliphatic carbocycles. The first kappa shape index (κ1) is 7.18. The van der Waals surface area contributed by atoms with Crippen molar-refractivity contribution in [1.82, 2.24) is 0 Å². The first-order valence-corrected chi connectivity index (χ1v) is 9.02. The molecule has 0 saturated carbocycles. The molecule has 0 amide bonds. The zero-order valence-electron chi connectivity index (χ0n) is 3.45. The minimum absolute atomic E-state index is 0.650. The molecule has 0 aliphatic rings. The zero-order chi connectivity index (χ0) is 4.99. The van der Waals surface area contributed by atoms with Gasteiger partial charge >= 0.3 is 50.9 Å². The van der Waals surface area contributed by atoms with Gasteiger partial charge in [-0.25, -0.2) is 0 Å². The van der Waals surface area contributed by atoms with Crippen molar-refractivity contribution in [2.24, 2.45) is 0 Å². The molecule has 36 valence electrons. The molecule has 0 atom stereocenters. The van der Waals surface area contributed by atoms with Crippen LogP contribution in [-0.2, 0) is 3.53 Å². The van der Waals surface area contributed by atoms with E-state index >= 15 is 0 Å². The summed E-state index contributed by atoms with van der Waals surface area (Å²) in [5.74, 6) is 0. The van der Waals surface area contributed by atoms with Gasteiger partial charge in [-0.15, -0.1) is 0 Å². The third kappa shape index (κ3) is 5.18. The molecule has 0 rings (SSSR count). The Bertz CT molecular complexity index is 32.7. The van der Waals surface area contributed by atoms with E-state index in [1.807, 2.05) is 6.92 Å². The normalized spacial score (nSPS) is 8.50. The van der Waals surface area contributed by atoms with Crippen LogP contribution in [0.2, 0.25) is 0 Å². The van der Waals surface area contributed by atoms with Crippen LogP contribution in [0.25, 0.3) is 0 Å². The van der Waals surface area contributed by atoms with Crippen molar-refractivity contribution in [3.05, 3.63) is 0 Å². The van der Waals surface area contributed by atoms with Crippen molar-refractivity contribution >= 4 is 33.9 Å². The van der Waals surface area contributed by atoms with Gasteiger partial charge in [0.1, 0.15) is 0 Å². The van der Waals surface area contributed by atoms with Gasteiger partial charge in [0.05, 0.1) is 0 Å². The summed E-state index contributed by atoms with van der Waals surface area (Å²) in [5.41, 5.74) is 0. The standard InChI is InChI=1S/C2H5O.2ClH.Ga/c1-2-3;;;/h2H2,1H3;2*1H;/q-1;;;+3/p-2. The molecule has 0 unspecified atom stereocenters. The van der Waals surface area contributed by atoms with Gasteiger partial charge in [-0.2, -0.15) is 0 Å². The van der Waals surface area contributed by atoms with Crippen molar-refractivity contribution in [2.75, 3.05) is 6.61 Å². The van der Waals surface area contributed by atoms with Gasteiger partial charge in [0.2, 0.25) is 0 Å². The molecule has 4 heteroatoms. The predicted octanol–water partition coefficient (Wildman–Crippen LogP) is 1.49. The van der Waals surface area contributed by atoms with Crippen molar-refractivity contribution in [2.45, 2.75) is 6.92 Å². The summed E-state index contributed by atoms with van der Waals surface area (Å²) in [4.78, 5) is 0.